The molecule has 1 aromatic heterocycles. The Morgan fingerprint density at radius 2 is 1.88 bits per heavy atom. The summed E-state index contributed by atoms with van der Waals surface area (Å²) in [6.07, 6.45) is -0.663. The number of aryl methyl sites for hydroxylation is 1. The molecule has 0 unspecified atom stereocenters. The fraction of sp³-hybridized carbons (Fsp3) is 0.150. The molecule has 0 saturated heterocycles. The van der Waals surface area contributed by atoms with Crippen LogP contribution in [0.15, 0.2) is 53.9 Å². The predicted molar refractivity (Wildman–Crippen MR) is 102 cm³/mol. The quantitative estimate of drug-likeness (QED) is 0.729. The molecular formula is C20H17N3O2S. The van der Waals surface area contributed by atoms with Gasteiger partial charge >= 0.3 is 0 Å². The average Bonchev–Trinajstić information content (AvgIpc) is 3.09. The fourth-order valence-corrected chi connectivity index (χ4v) is 2.95. The van der Waals surface area contributed by atoms with Gasteiger partial charge in [-0.15, -0.1) is 11.3 Å². The van der Waals surface area contributed by atoms with E-state index in [2.05, 4.69) is 10.3 Å². The van der Waals surface area contributed by atoms with E-state index < -0.39 is 6.10 Å². The average molecular weight is 363 g/mol. The predicted octanol–water partition coefficient (Wildman–Crippen LogP) is 4.40. The highest BCUT2D eigenvalue weighted by Gasteiger charge is 2.15. The first-order valence-electron chi connectivity index (χ1n) is 8.05. The molecule has 0 aliphatic rings. The number of hydrogen-bond acceptors (Lipinski definition) is 5. The van der Waals surface area contributed by atoms with E-state index >= 15 is 0 Å². The van der Waals surface area contributed by atoms with Crippen molar-refractivity contribution in [3.8, 4) is 23.1 Å². The van der Waals surface area contributed by atoms with Gasteiger partial charge < -0.3 is 10.1 Å². The molecular weight excluding hydrogens is 346 g/mol. The van der Waals surface area contributed by atoms with Gasteiger partial charge in [-0.05, 0) is 50.2 Å². The molecule has 26 heavy (non-hydrogen) atoms. The number of amides is 1. The smallest absolute Gasteiger partial charge is 0.265 e. The van der Waals surface area contributed by atoms with Crippen LogP contribution in [0, 0.1) is 18.3 Å². The molecule has 1 N–H and O–H groups in total. The first-order chi connectivity index (χ1) is 12.5. The van der Waals surface area contributed by atoms with Crippen molar-refractivity contribution in [3.05, 3.63) is 64.5 Å². The minimum Gasteiger partial charge on any atom is -0.481 e. The van der Waals surface area contributed by atoms with Crippen LogP contribution in [0.3, 0.4) is 0 Å². The molecule has 2 aromatic carbocycles. The van der Waals surface area contributed by atoms with Crippen LogP contribution in [-0.4, -0.2) is 17.0 Å². The van der Waals surface area contributed by atoms with Gasteiger partial charge in [0.2, 0.25) is 0 Å². The monoisotopic (exact) mass is 363 g/mol. The number of ether oxygens (including phenoxy) is 1. The van der Waals surface area contributed by atoms with Crippen LogP contribution in [0.25, 0.3) is 11.3 Å². The highest BCUT2D eigenvalue weighted by molar-refractivity contribution is 7.09. The van der Waals surface area contributed by atoms with E-state index in [9.17, 15) is 4.79 Å². The molecule has 0 spiro atoms. The Kier molecular flexibility index (Phi) is 5.30. The number of carbonyl (C=O) groups excluding carboxylic acids is 1. The van der Waals surface area contributed by atoms with Crippen LogP contribution < -0.4 is 10.1 Å². The summed E-state index contributed by atoms with van der Waals surface area (Å²) in [6.45, 7) is 3.65. The van der Waals surface area contributed by atoms with Crippen molar-refractivity contribution in [2.75, 3.05) is 5.32 Å². The lowest BCUT2D eigenvalue weighted by molar-refractivity contribution is -0.122. The summed E-state index contributed by atoms with van der Waals surface area (Å²) in [5.74, 6) is 0.299. The largest absolute Gasteiger partial charge is 0.481 e. The molecule has 0 radical (unpaired) electrons. The number of nitriles is 1. The first kappa shape index (κ1) is 17.6. The first-order valence-corrected chi connectivity index (χ1v) is 8.93. The molecule has 3 aromatic rings. The Balaban J connectivity index is 1.60. The zero-order valence-electron chi connectivity index (χ0n) is 14.4. The maximum Gasteiger partial charge on any atom is 0.265 e. The van der Waals surface area contributed by atoms with Crippen molar-refractivity contribution in [1.82, 2.24) is 4.98 Å². The number of nitrogens with zero attached hydrogens (tertiary/aromatic N) is 2. The summed E-state index contributed by atoms with van der Waals surface area (Å²) in [4.78, 5) is 16.7. The fourth-order valence-electron chi connectivity index (χ4n) is 2.33. The summed E-state index contributed by atoms with van der Waals surface area (Å²) >= 11 is 1.61. The zero-order valence-corrected chi connectivity index (χ0v) is 15.2. The number of rotatable bonds is 5. The lowest BCUT2D eigenvalue weighted by Crippen LogP contribution is -2.30. The number of carbonyl (C=O) groups is 1. The molecule has 1 amide bonds. The number of anilines is 1. The SMILES string of the molecule is Cc1nc(-c2ccc(NC(=O)[C@@H](C)Oc3ccc(C#N)cc3)cc2)cs1. The van der Waals surface area contributed by atoms with Gasteiger partial charge in [-0.25, -0.2) is 4.98 Å². The Morgan fingerprint density at radius 3 is 2.46 bits per heavy atom. The molecule has 1 atom stereocenters. The van der Waals surface area contributed by atoms with Crippen molar-refractivity contribution in [3.63, 3.8) is 0 Å². The van der Waals surface area contributed by atoms with Crippen LogP contribution in [0.2, 0.25) is 0 Å². The molecule has 0 fully saturated rings. The maximum absolute atomic E-state index is 12.3. The van der Waals surface area contributed by atoms with E-state index in [1.165, 1.54) is 0 Å². The summed E-state index contributed by atoms with van der Waals surface area (Å²) in [7, 11) is 0. The number of aromatic nitrogens is 1. The Morgan fingerprint density at radius 1 is 1.19 bits per heavy atom. The number of hydrogen-bond donors (Lipinski definition) is 1. The van der Waals surface area contributed by atoms with Crippen LogP contribution in [0.4, 0.5) is 5.69 Å². The van der Waals surface area contributed by atoms with Crippen molar-refractivity contribution in [1.29, 1.82) is 5.26 Å². The summed E-state index contributed by atoms with van der Waals surface area (Å²) < 4.78 is 5.61. The Hall–Kier alpha value is -3.17. The van der Waals surface area contributed by atoms with Crippen LogP contribution in [0.1, 0.15) is 17.5 Å². The van der Waals surface area contributed by atoms with Gasteiger partial charge in [0.05, 0.1) is 22.3 Å². The van der Waals surface area contributed by atoms with E-state index in [-0.39, 0.29) is 5.91 Å². The third kappa shape index (κ3) is 4.26. The molecule has 1 heterocycles. The molecule has 0 aliphatic heterocycles. The third-order valence-electron chi connectivity index (χ3n) is 3.73. The second kappa shape index (κ2) is 7.81. The van der Waals surface area contributed by atoms with Crippen molar-refractivity contribution in [2.24, 2.45) is 0 Å². The van der Waals surface area contributed by atoms with Crippen LogP contribution in [0.5, 0.6) is 5.75 Å². The van der Waals surface area contributed by atoms with Gasteiger partial charge in [0.25, 0.3) is 5.91 Å². The summed E-state index contributed by atoms with van der Waals surface area (Å²) in [5.41, 5.74) is 3.18. The van der Waals surface area contributed by atoms with E-state index in [0.29, 0.717) is 17.0 Å². The molecule has 6 heteroatoms. The van der Waals surface area contributed by atoms with Crippen LogP contribution in [-0.2, 0) is 4.79 Å². The van der Waals surface area contributed by atoms with E-state index in [0.717, 1.165) is 16.3 Å². The second-order valence-electron chi connectivity index (χ2n) is 5.71. The number of benzene rings is 2. The summed E-state index contributed by atoms with van der Waals surface area (Å²) in [6, 6.07) is 16.2. The molecule has 0 aliphatic carbocycles. The third-order valence-corrected chi connectivity index (χ3v) is 4.51. The molecule has 5 nitrogen and oxygen atoms in total. The molecule has 3 rings (SSSR count). The number of thiazole rings is 1. The summed E-state index contributed by atoms with van der Waals surface area (Å²) in [5, 5.41) is 14.7. The van der Waals surface area contributed by atoms with Crippen molar-refractivity contribution < 1.29 is 9.53 Å². The van der Waals surface area contributed by atoms with Crippen molar-refractivity contribution >= 4 is 22.9 Å². The minimum absolute atomic E-state index is 0.244. The van der Waals surface area contributed by atoms with Gasteiger partial charge in [-0.3, -0.25) is 4.79 Å². The number of nitrogens with one attached hydrogen (secondary N) is 1. The maximum atomic E-state index is 12.3. The Bertz CT molecular complexity index is 940. The zero-order chi connectivity index (χ0) is 18.5. The highest BCUT2D eigenvalue weighted by atomic mass is 32.1. The van der Waals surface area contributed by atoms with Crippen LogP contribution >= 0.6 is 11.3 Å². The highest BCUT2D eigenvalue weighted by Crippen LogP contribution is 2.23. The lowest BCUT2D eigenvalue weighted by Gasteiger charge is -2.15. The van der Waals surface area contributed by atoms with Gasteiger partial charge in [-0.2, -0.15) is 5.26 Å². The molecule has 0 bridgehead atoms. The van der Waals surface area contributed by atoms with Gasteiger partial charge in [0, 0.05) is 16.6 Å². The minimum atomic E-state index is -0.663. The molecule has 0 saturated carbocycles. The second-order valence-corrected chi connectivity index (χ2v) is 6.78. The molecule has 130 valence electrons. The normalized spacial score (nSPS) is 11.4. The Labute approximate surface area is 155 Å². The van der Waals surface area contributed by atoms with Gasteiger partial charge in [0.1, 0.15) is 5.75 Å². The van der Waals surface area contributed by atoms with Crippen molar-refractivity contribution in [2.45, 2.75) is 20.0 Å². The standard InChI is InChI=1S/C20H17N3O2S/c1-13(25-18-9-3-15(11-21)4-10-18)20(24)23-17-7-5-16(6-8-17)19-12-26-14(2)22-19/h3-10,12-13H,1-2H3,(H,23,24)/t13-/m1/s1. The van der Waals surface area contributed by atoms with Gasteiger partial charge in [0.15, 0.2) is 6.10 Å². The van der Waals surface area contributed by atoms with E-state index in [1.54, 1.807) is 42.5 Å². The topological polar surface area (TPSA) is 75.0 Å². The lowest BCUT2D eigenvalue weighted by atomic mass is 10.1. The van der Waals surface area contributed by atoms with Gasteiger partial charge in [-0.1, -0.05) is 12.1 Å². The van der Waals surface area contributed by atoms with E-state index in [4.69, 9.17) is 10.00 Å². The van der Waals surface area contributed by atoms with E-state index in [1.807, 2.05) is 42.6 Å².